The van der Waals surface area contributed by atoms with Crippen molar-refractivity contribution in [3.63, 3.8) is 0 Å². The van der Waals surface area contributed by atoms with Gasteiger partial charge in [0.15, 0.2) is 0 Å². The molecule has 0 aromatic carbocycles. The van der Waals surface area contributed by atoms with E-state index in [0.717, 1.165) is 25.9 Å². The molecule has 1 unspecified atom stereocenters. The first-order valence-corrected chi connectivity index (χ1v) is 6.84. The lowest BCUT2D eigenvalue weighted by Gasteiger charge is -2.32. The van der Waals surface area contributed by atoms with Gasteiger partial charge in [-0.2, -0.15) is 0 Å². The zero-order valence-electron chi connectivity index (χ0n) is 11.6. The molecule has 1 aliphatic rings. The molecule has 0 spiro atoms. The molecule has 0 saturated carbocycles. The van der Waals surface area contributed by atoms with E-state index in [-0.39, 0.29) is 23.9 Å². The number of likely N-dealkylation sites (tertiary alicyclic amines) is 1. The third kappa shape index (κ3) is 4.14. The van der Waals surface area contributed by atoms with Gasteiger partial charge in [-0.25, -0.2) is 0 Å². The molecule has 1 rings (SSSR count). The quantitative estimate of drug-likeness (QED) is 0.301. The van der Waals surface area contributed by atoms with E-state index in [1.165, 1.54) is 19.3 Å². The van der Waals surface area contributed by atoms with Crippen LogP contribution in [0, 0.1) is 5.41 Å². The van der Waals surface area contributed by atoms with Crippen LogP contribution in [0.2, 0.25) is 0 Å². The maximum atomic E-state index is 9.44. The predicted octanol–water partition coefficient (Wildman–Crippen LogP) is 1.39. The van der Waals surface area contributed by atoms with Crippen LogP contribution in [0.15, 0.2) is 5.16 Å². The Morgan fingerprint density at radius 2 is 2.11 bits per heavy atom. The number of nitrogens with two attached hydrogens (primary N) is 1. The number of hydrogen-bond acceptors (Lipinski definition) is 4. The molecule has 18 heavy (non-hydrogen) atoms. The van der Waals surface area contributed by atoms with Crippen molar-refractivity contribution in [2.75, 3.05) is 19.7 Å². The maximum absolute atomic E-state index is 9.44. The van der Waals surface area contributed by atoms with Gasteiger partial charge in [-0.15, -0.1) is 0 Å². The predicted molar refractivity (Wildman–Crippen MR) is 72.7 cm³/mol. The first kappa shape index (κ1) is 15.2. The lowest BCUT2D eigenvalue weighted by atomic mass is 9.87. The number of rotatable bonds is 5. The Balaban J connectivity index is 2.54. The number of oxime groups is 1. The smallest absolute Gasteiger partial charge is 0.144 e. The van der Waals surface area contributed by atoms with Crippen LogP contribution >= 0.6 is 0 Å². The molecule has 106 valence electrons. The summed E-state index contributed by atoms with van der Waals surface area (Å²) in [6, 6.07) is 0.274. The molecule has 1 aliphatic heterocycles. The van der Waals surface area contributed by atoms with Gasteiger partial charge in [0.2, 0.25) is 0 Å². The number of amidine groups is 1. The van der Waals surface area contributed by atoms with Crippen molar-refractivity contribution in [1.82, 2.24) is 4.90 Å². The van der Waals surface area contributed by atoms with Crippen molar-refractivity contribution in [2.45, 2.75) is 52.0 Å². The van der Waals surface area contributed by atoms with Gasteiger partial charge in [0.1, 0.15) is 5.84 Å². The van der Waals surface area contributed by atoms with Gasteiger partial charge in [-0.3, -0.25) is 4.90 Å². The second-order valence-corrected chi connectivity index (χ2v) is 5.84. The van der Waals surface area contributed by atoms with Crippen LogP contribution in [0.4, 0.5) is 0 Å². The zero-order valence-corrected chi connectivity index (χ0v) is 11.6. The highest BCUT2D eigenvalue weighted by atomic mass is 16.4. The summed E-state index contributed by atoms with van der Waals surface area (Å²) in [4.78, 5) is 2.35. The Labute approximate surface area is 110 Å². The first-order valence-electron chi connectivity index (χ1n) is 6.84. The Bertz CT molecular complexity index is 279. The third-order valence-electron chi connectivity index (χ3n) is 4.03. The SMILES string of the molecule is CC(C)(CCN1CCCCCC1CO)C(N)=NO. The lowest BCUT2D eigenvalue weighted by molar-refractivity contribution is 0.116. The highest BCUT2D eigenvalue weighted by Gasteiger charge is 2.27. The zero-order chi connectivity index (χ0) is 13.6. The van der Waals surface area contributed by atoms with Gasteiger partial charge in [-0.05, 0) is 32.4 Å². The van der Waals surface area contributed by atoms with E-state index in [9.17, 15) is 5.11 Å². The van der Waals surface area contributed by atoms with E-state index < -0.39 is 0 Å². The fourth-order valence-electron chi connectivity index (χ4n) is 2.42. The molecule has 0 bridgehead atoms. The topological polar surface area (TPSA) is 82.1 Å². The van der Waals surface area contributed by atoms with E-state index in [4.69, 9.17) is 10.9 Å². The fraction of sp³-hybridized carbons (Fsp3) is 0.923. The molecule has 0 radical (unpaired) electrons. The molecular weight excluding hydrogens is 230 g/mol. The average molecular weight is 257 g/mol. The van der Waals surface area contributed by atoms with E-state index in [2.05, 4.69) is 10.1 Å². The molecule has 0 aromatic heterocycles. The van der Waals surface area contributed by atoms with Crippen LogP contribution < -0.4 is 5.73 Å². The van der Waals surface area contributed by atoms with Gasteiger partial charge in [0.25, 0.3) is 0 Å². The van der Waals surface area contributed by atoms with E-state index >= 15 is 0 Å². The normalized spacial score (nSPS) is 23.9. The largest absolute Gasteiger partial charge is 0.409 e. The van der Waals surface area contributed by atoms with Crippen LogP contribution in [0.1, 0.15) is 46.0 Å². The summed E-state index contributed by atoms with van der Waals surface area (Å²) in [6.07, 6.45) is 5.54. The van der Waals surface area contributed by atoms with Crippen LogP contribution in [-0.2, 0) is 0 Å². The monoisotopic (exact) mass is 257 g/mol. The van der Waals surface area contributed by atoms with Crippen molar-refractivity contribution in [2.24, 2.45) is 16.3 Å². The maximum Gasteiger partial charge on any atom is 0.144 e. The summed E-state index contributed by atoms with van der Waals surface area (Å²) in [6.45, 7) is 6.11. The van der Waals surface area contributed by atoms with E-state index in [0.29, 0.717) is 0 Å². The fourth-order valence-corrected chi connectivity index (χ4v) is 2.42. The molecule has 4 N–H and O–H groups in total. The highest BCUT2D eigenvalue weighted by Crippen LogP contribution is 2.23. The van der Waals surface area contributed by atoms with Gasteiger partial charge >= 0.3 is 0 Å². The minimum Gasteiger partial charge on any atom is -0.409 e. The number of aliphatic hydroxyl groups excluding tert-OH is 1. The standard InChI is InChI=1S/C13H27N3O2/c1-13(2,12(14)15-18)7-9-16-8-5-3-4-6-11(16)10-17/h11,17-18H,3-10H2,1-2H3,(H2,14,15). The molecule has 0 aliphatic carbocycles. The molecule has 5 nitrogen and oxygen atoms in total. The molecule has 1 atom stereocenters. The van der Waals surface area contributed by atoms with Crippen molar-refractivity contribution in [1.29, 1.82) is 0 Å². The van der Waals surface area contributed by atoms with E-state index in [1.807, 2.05) is 13.8 Å². The Hall–Kier alpha value is -0.810. The Morgan fingerprint density at radius 3 is 2.72 bits per heavy atom. The van der Waals surface area contributed by atoms with Crippen molar-refractivity contribution >= 4 is 5.84 Å². The summed E-state index contributed by atoms with van der Waals surface area (Å²) in [7, 11) is 0. The Kier molecular flexibility index (Phi) is 5.88. The minimum absolute atomic E-state index is 0.226. The van der Waals surface area contributed by atoms with Gasteiger partial charge < -0.3 is 16.0 Å². The summed E-state index contributed by atoms with van der Waals surface area (Å²) in [5, 5.41) is 21.3. The van der Waals surface area contributed by atoms with Crippen molar-refractivity contribution in [3.05, 3.63) is 0 Å². The summed E-state index contributed by atoms with van der Waals surface area (Å²) in [5.74, 6) is 0.276. The van der Waals surface area contributed by atoms with Crippen LogP contribution in [0.25, 0.3) is 0 Å². The van der Waals surface area contributed by atoms with E-state index in [1.54, 1.807) is 0 Å². The van der Waals surface area contributed by atoms with Crippen molar-refractivity contribution < 1.29 is 10.3 Å². The average Bonchev–Trinajstić information content (AvgIpc) is 2.59. The first-order chi connectivity index (χ1) is 8.51. The summed E-state index contributed by atoms with van der Waals surface area (Å²) < 4.78 is 0. The minimum atomic E-state index is -0.305. The number of aliphatic hydroxyl groups is 1. The molecule has 0 amide bonds. The number of nitrogens with zero attached hydrogens (tertiary/aromatic N) is 2. The molecule has 1 fully saturated rings. The molecule has 1 saturated heterocycles. The van der Waals surface area contributed by atoms with Crippen LogP contribution in [-0.4, -0.2) is 46.8 Å². The second kappa shape index (κ2) is 6.95. The second-order valence-electron chi connectivity index (χ2n) is 5.84. The van der Waals surface area contributed by atoms with Crippen LogP contribution in [0.5, 0.6) is 0 Å². The van der Waals surface area contributed by atoms with Gasteiger partial charge in [-0.1, -0.05) is 31.8 Å². The molecule has 1 heterocycles. The third-order valence-corrected chi connectivity index (χ3v) is 4.03. The van der Waals surface area contributed by atoms with Gasteiger partial charge in [0.05, 0.1) is 6.61 Å². The number of hydrogen-bond donors (Lipinski definition) is 3. The Morgan fingerprint density at radius 1 is 1.39 bits per heavy atom. The summed E-state index contributed by atoms with van der Waals surface area (Å²) in [5.41, 5.74) is 5.39. The lowest BCUT2D eigenvalue weighted by Crippen LogP contribution is -2.41. The van der Waals surface area contributed by atoms with Crippen LogP contribution in [0.3, 0.4) is 0 Å². The molecule has 0 aromatic rings. The van der Waals surface area contributed by atoms with Crippen molar-refractivity contribution in [3.8, 4) is 0 Å². The highest BCUT2D eigenvalue weighted by molar-refractivity contribution is 5.85. The summed E-state index contributed by atoms with van der Waals surface area (Å²) >= 11 is 0. The van der Waals surface area contributed by atoms with Gasteiger partial charge in [0, 0.05) is 11.5 Å². The molecular formula is C13H27N3O2. The molecule has 5 heteroatoms.